The van der Waals surface area contributed by atoms with E-state index in [4.69, 9.17) is 9.97 Å². The van der Waals surface area contributed by atoms with Gasteiger partial charge in [0.05, 0.1) is 27.8 Å². The summed E-state index contributed by atoms with van der Waals surface area (Å²) >= 11 is 0. The quantitative estimate of drug-likeness (QED) is 0.142. The molecular weight excluding hydrogens is 967 g/mol. The first kappa shape index (κ1) is 45.7. The molecule has 372 valence electrons. The van der Waals surface area contributed by atoms with Crippen molar-refractivity contribution in [2.45, 2.75) is 5.41 Å². The fourth-order valence-corrected chi connectivity index (χ4v) is 13.4. The van der Waals surface area contributed by atoms with Crippen molar-refractivity contribution in [2.75, 3.05) is 0 Å². The molecule has 3 heteroatoms. The molecule has 16 rings (SSSR count). The van der Waals surface area contributed by atoms with Crippen LogP contribution in [0.3, 0.4) is 0 Å². The van der Waals surface area contributed by atoms with Gasteiger partial charge in [-0.1, -0.05) is 255 Å². The average Bonchev–Trinajstić information content (AvgIpc) is 3.80. The van der Waals surface area contributed by atoms with Crippen LogP contribution in [0.5, 0.6) is 0 Å². The highest BCUT2D eigenvalue weighted by Gasteiger charge is 2.47. The average molecular weight is 1020 g/mol. The van der Waals surface area contributed by atoms with E-state index in [0.717, 1.165) is 55.9 Å². The molecule has 3 nitrogen and oxygen atoms in total. The standard InChI is InChI=1S/C77H49N3/c1-5-22-50(23-6-1)53-41-43-65-64-34-18-20-39-73(64)80(74(65)48-53)58-45-54(52-40-42-63-61-32-14-13-30-59(61)60-31-15-16-33-62(60)68(63)47-52)44-55(46-58)71-49-72(79-76(78-71)51-24-7-2-8-25-51)67-36-21-38-70-75(67)66-35-17-19-37-69(66)77(70,56-26-9-3-10-27-56)57-28-11-4-12-29-57/h1-49H. The Morgan fingerprint density at radius 3 is 1.44 bits per heavy atom. The summed E-state index contributed by atoms with van der Waals surface area (Å²) in [5.41, 5.74) is 19.3. The Bertz CT molecular complexity index is 4850. The maximum absolute atomic E-state index is 5.60. The Labute approximate surface area is 464 Å². The molecule has 2 aromatic heterocycles. The molecule has 0 spiro atoms. The van der Waals surface area contributed by atoms with Crippen LogP contribution in [0.25, 0.3) is 127 Å². The molecule has 80 heavy (non-hydrogen) atoms. The van der Waals surface area contributed by atoms with E-state index in [1.807, 2.05) is 0 Å². The summed E-state index contributed by atoms with van der Waals surface area (Å²) < 4.78 is 2.46. The fourth-order valence-electron chi connectivity index (χ4n) is 13.4. The Balaban J connectivity index is 0.978. The molecule has 15 aromatic rings. The summed E-state index contributed by atoms with van der Waals surface area (Å²) in [5.74, 6) is 0.666. The van der Waals surface area contributed by atoms with Crippen molar-refractivity contribution in [1.29, 1.82) is 0 Å². The summed E-state index contributed by atoms with van der Waals surface area (Å²) in [6.45, 7) is 0. The summed E-state index contributed by atoms with van der Waals surface area (Å²) in [6, 6.07) is 109. The molecule has 0 amide bonds. The largest absolute Gasteiger partial charge is 0.309 e. The van der Waals surface area contributed by atoms with Crippen molar-refractivity contribution in [3.63, 3.8) is 0 Å². The zero-order valence-electron chi connectivity index (χ0n) is 43.6. The van der Waals surface area contributed by atoms with Gasteiger partial charge in [-0.3, -0.25) is 0 Å². The van der Waals surface area contributed by atoms with Gasteiger partial charge in [0.1, 0.15) is 0 Å². The van der Waals surface area contributed by atoms with Crippen molar-refractivity contribution in [3.8, 4) is 73.0 Å². The van der Waals surface area contributed by atoms with Gasteiger partial charge < -0.3 is 4.57 Å². The van der Waals surface area contributed by atoms with Crippen molar-refractivity contribution < 1.29 is 0 Å². The predicted molar refractivity (Wildman–Crippen MR) is 333 cm³/mol. The monoisotopic (exact) mass is 1020 g/mol. The lowest BCUT2D eigenvalue weighted by molar-refractivity contribution is 0.768. The number of fused-ring (bicyclic) bond motifs is 12. The summed E-state index contributed by atoms with van der Waals surface area (Å²) in [4.78, 5) is 11.2. The second-order valence-electron chi connectivity index (χ2n) is 21.2. The number of aromatic nitrogens is 3. The lowest BCUT2D eigenvalue weighted by atomic mass is 9.67. The van der Waals surface area contributed by atoms with Crippen LogP contribution in [-0.2, 0) is 5.41 Å². The van der Waals surface area contributed by atoms with E-state index in [2.05, 4.69) is 302 Å². The third kappa shape index (κ3) is 7.07. The van der Waals surface area contributed by atoms with Crippen LogP contribution in [-0.4, -0.2) is 14.5 Å². The highest BCUT2D eigenvalue weighted by molar-refractivity contribution is 6.26. The van der Waals surface area contributed by atoms with E-state index in [1.165, 1.54) is 87.6 Å². The maximum Gasteiger partial charge on any atom is 0.160 e. The molecule has 0 radical (unpaired) electrons. The van der Waals surface area contributed by atoms with Crippen LogP contribution >= 0.6 is 0 Å². The van der Waals surface area contributed by atoms with Gasteiger partial charge in [0.2, 0.25) is 0 Å². The van der Waals surface area contributed by atoms with Crippen molar-refractivity contribution in [2.24, 2.45) is 0 Å². The number of para-hydroxylation sites is 1. The minimum atomic E-state index is -0.564. The first-order valence-electron chi connectivity index (χ1n) is 27.5. The number of hydrogen-bond acceptors (Lipinski definition) is 2. The zero-order chi connectivity index (χ0) is 52.7. The molecule has 1 aliphatic carbocycles. The Hall–Kier alpha value is -10.5. The number of benzene rings is 13. The highest BCUT2D eigenvalue weighted by atomic mass is 15.0. The second-order valence-corrected chi connectivity index (χ2v) is 21.2. The number of hydrogen-bond donors (Lipinski definition) is 0. The van der Waals surface area contributed by atoms with E-state index >= 15 is 0 Å². The molecule has 0 atom stereocenters. The van der Waals surface area contributed by atoms with E-state index in [1.54, 1.807) is 0 Å². The third-order valence-electron chi connectivity index (χ3n) is 16.8. The Morgan fingerprint density at radius 1 is 0.263 bits per heavy atom. The topological polar surface area (TPSA) is 30.7 Å². The minimum Gasteiger partial charge on any atom is -0.309 e. The first-order chi connectivity index (χ1) is 39.7. The van der Waals surface area contributed by atoms with Gasteiger partial charge in [0, 0.05) is 33.2 Å². The minimum absolute atomic E-state index is 0.564. The van der Waals surface area contributed by atoms with E-state index in [0.29, 0.717) is 5.82 Å². The highest BCUT2D eigenvalue weighted by Crippen LogP contribution is 2.58. The summed E-state index contributed by atoms with van der Waals surface area (Å²) in [5, 5.41) is 9.88. The van der Waals surface area contributed by atoms with E-state index < -0.39 is 5.41 Å². The number of nitrogens with zero attached hydrogens (tertiary/aromatic N) is 3. The van der Waals surface area contributed by atoms with Crippen LogP contribution in [0.15, 0.2) is 297 Å². The molecule has 0 saturated heterocycles. The van der Waals surface area contributed by atoms with Gasteiger partial charge in [-0.25, -0.2) is 9.97 Å². The van der Waals surface area contributed by atoms with Gasteiger partial charge >= 0.3 is 0 Å². The summed E-state index contributed by atoms with van der Waals surface area (Å²) in [7, 11) is 0. The van der Waals surface area contributed by atoms with Gasteiger partial charge in [-0.05, 0) is 130 Å². The molecule has 0 fully saturated rings. The van der Waals surface area contributed by atoms with Gasteiger partial charge in [-0.2, -0.15) is 0 Å². The lowest BCUT2D eigenvalue weighted by Gasteiger charge is -2.33. The predicted octanol–water partition coefficient (Wildman–Crippen LogP) is 19.7. The molecule has 1 aliphatic rings. The molecule has 13 aromatic carbocycles. The van der Waals surface area contributed by atoms with Crippen molar-refractivity contribution in [3.05, 3.63) is 320 Å². The fraction of sp³-hybridized carbons (Fsp3) is 0.0130. The van der Waals surface area contributed by atoms with Crippen molar-refractivity contribution in [1.82, 2.24) is 14.5 Å². The van der Waals surface area contributed by atoms with Crippen LogP contribution < -0.4 is 0 Å². The molecular formula is C77H49N3. The Kier molecular flexibility index (Phi) is 10.5. The molecule has 0 N–H and O–H groups in total. The molecule has 0 aliphatic heterocycles. The SMILES string of the molecule is c1ccc(-c2ccc3c4ccccc4n(-c4cc(-c5ccc6c7ccccc7c7ccccc7c6c5)cc(-c5cc(-c6cccc7c6-c6ccccc6C7(c6ccccc6)c6ccccc6)nc(-c6ccccc6)n5)c4)c3c2)cc1. The van der Waals surface area contributed by atoms with Gasteiger partial charge in [0.25, 0.3) is 0 Å². The van der Waals surface area contributed by atoms with Crippen LogP contribution in [0.2, 0.25) is 0 Å². The smallest absolute Gasteiger partial charge is 0.160 e. The number of rotatable bonds is 8. The van der Waals surface area contributed by atoms with Crippen LogP contribution in [0.4, 0.5) is 0 Å². The zero-order valence-corrected chi connectivity index (χ0v) is 43.6. The second kappa shape index (κ2) is 18.3. The molecule has 2 heterocycles. The van der Waals surface area contributed by atoms with Crippen molar-refractivity contribution >= 4 is 54.1 Å². The first-order valence-corrected chi connectivity index (χ1v) is 27.5. The Morgan fingerprint density at radius 2 is 0.750 bits per heavy atom. The van der Waals surface area contributed by atoms with Gasteiger partial charge in [-0.15, -0.1) is 0 Å². The molecule has 0 saturated carbocycles. The van der Waals surface area contributed by atoms with Gasteiger partial charge in [0.15, 0.2) is 5.82 Å². The van der Waals surface area contributed by atoms with E-state index in [9.17, 15) is 0 Å². The lowest BCUT2D eigenvalue weighted by Crippen LogP contribution is -2.28. The third-order valence-corrected chi connectivity index (χ3v) is 16.8. The van der Waals surface area contributed by atoms with Crippen LogP contribution in [0.1, 0.15) is 22.3 Å². The maximum atomic E-state index is 5.60. The molecule has 0 unspecified atom stereocenters. The summed E-state index contributed by atoms with van der Waals surface area (Å²) in [6.07, 6.45) is 0. The van der Waals surface area contributed by atoms with Crippen LogP contribution in [0, 0.1) is 0 Å². The molecule has 0 bridgehead atoms. The normalized spacial score (nSPS) is 12.6. The van der Waals surface area contributed by atoms with E-state index in [-0.39, 0.29) is 0 Å².